The molecule has 1 aromatic heterocycles. The van der Waals surface area contributed by atoms with Gasteiger partial charge in [-0.05, 0) is 17.0 Å². The fourth-order valence-electron chi connectivity index (χ4n) is 2.58. The third-order valence-electron chi connectivity index (χ3n) is 3.65. The molecule has 1 aliphatic rings. The van der Waals surface area contributed by atoms with E-state index in [1.54, 1.807) is 17.5 Å². The second kappa shape index (κ2) is 5.29. The number of rotatable bonds is 3. The molecule has 1 aliphatic heterocycles. The Hall–Kier alpha value is -1.21. The molecule has 4 nitrogen and oxygen atoms in total. The number of hydrogen-bond acceptors (Lipinski definition) is 4. The Balaban J connectivity index is 1.86. The number of thiophene rings is 1. The summed E-state index contributed by atoms with van der Waals surface area (Å²) in [5.41, 5.74) is 7.25. The van der Waals surface area contributed by atoms with E-state index in [4.69, 9.17) is 5.73 Å². The SMILES string of the molecule is N[C@@H]1CN(S(=O)(=O)c2cccs2)C[C@H]1c1ccccc1. The van der Waals surface area contributed by atoms with Crippen molar-refractivity contribution in [1.29, 1.82) is 0 Å². The molecule has 0 amide bonds. The van der Waals surface area contributed by atoms with Crippen molar-refractivity contribution >= 4 is 21.4 Å². The predicted octanol–water partition coefficient (Wildman–Crippen LogP) is 1.86. The van der Waals surface area contributed by atoms with Crippen LogP contribution in [-0.2, 0) is 10.0 Å². The molecule has 2 aromatic rings. The van der Waals surface area contributed by atoms with E-state index in [0.717, 1.165) is 5.56 Å². The summed E-state index contributed by atoms with van der Waals surface area (Å²) in [6.45, 7) is 0.825. The fraction of sp³-hybridized carbons (Fsp3) is 0.286. The average molecular weight is 308 g/mol. The molecule has 0 bridgehead atoms. The molecule has 1 aromatic carbocycles. The third-order valence-corrected chi connectivity index (χ3v) is 6.85. The quantitative estimate of drug-likeness (QED) is 0.941. The standard InChI is InChI=1S/C14H16N2O2S2/c15-13-10-16(20(17,18)14-7-4-8-19-14)9-12(13)11-5-2-1-3-6-11/h1-8,12-13H,9-10,15H2/t12-,13+/m0/s1. The van der Waals surface area contributed by atoms with Crippen LogP contribution in [0.15, 0.2) is 52.1 Å². The van der Waals surface area contributed by atoms with Gasteiger partial charge in [0, 0.05) is 25.0 Å². The van der Waals surface area contributed by atoms with Crippen LogP contribution in [0.25, 0.3) is 0 Å². The zero-order chi connectivity index (χ0) is 14.2. The van der Waals surface area contributed by atoms with Gasteiger partial charge in [-0.1, -0.05) is 36.4 Å². The molecule has 1 saturated heterocycles. The minimum Gasteiger partial charge on any atom is -0.326 e. The fourth-order valence-corrected chi connectivity index (χ4v) is 5.23. The highest BCUT2D eigenvalue weighted by molar-refractivity contribution is 7.91. The van der Waals surface area contributed by atoms with Crippen molar-refractivity contribution in [3.8, 4) is 0 Å². The molecule has 2 atom stereocenters. The van der Waals surface area contributed by atoms with Crippen molar-refractivity contribution in [1.82, 2.24) is 4.31 Å². The Bertz CT molecular complexity index is 668. The second-order valence-corrected chi connectivity index (χ2v) is 8.05. The Kier molecular flexibility index (Phi) is 3.64. The third kappa shape index (κ3) is 2.40. The van der Waals surface area contributed by atoms with Crippen LogP contribution in [0.1, 0.15) is 11.5 Å². The summed E-state index contributed by atoms with van der Waals surface area (Å²) in [5, 5.41) is 1.78. The molecule has 3 rings (SSSR count). The van der Waals surface area contributed by atoms with E-state index in [1.807, 2.05) is 30.3 Å². The van der Waals surface area contributed by atoms with Gasteiger partial charge in [-0.15, -0.1) is 11.3 Å². The van der Waals surface area contributed by atoms with Crippen molar-refractivity contribution in [2.75, 3.05) is 13.1 Å². The van der Waals surface area contributed by atoms with Crippen LogP contribution >= 0.6 is 11.3 Å². The van der Waals surface area contributed by atoms with E-state index < -0.39 is 10.0 Å². The van der Waals surface area contributed by atoms with Crippen LogP contribution in [0.4, 0.5) is 0 Å². The van der Waals surface area contributed by atoms with E-state index >= 15 is 0 Å². The zero-order valence-corrected chi connectivity index (χ0v) is 12.5. The minimum absolute atomic E-state index is 0.0611. The van der Waals surface area contributed by atoms with Crippen LogP contribution in [0.5, 0.6) is 0 Å². The van der Waals surface area contributed by atoms with E-state index in [-0.39, 0.29) is 12.0 Å². The topological polar surface area (TPSA) is 63.4 Å². The Morgan fingerprint density at radius 2 is 1.85 bits per heavy atom. The summed E-state index contributed by atoms with van der Waals surface area (Å²) in [5.74, 6) is 0.0611. The van der Waals surface area contributed by atoms with E-state index in [2.05, 4.69) is 0 Å². The first kappa shape index (κ1) is 13.8. The minimum atomic E-state index is -3.40. The molecule has 6 heteroatoms. The molecule has 2 heterocycles. The van der Waals surface area contributed by atoms with Gasteiger partial charge < -0.3 is 5.73 Å². The van der Waals surface area contributed by atoms with Gasteiger partial charge in [0.1, 0.15) is 4.21 Å². The van der Waals surface area contributed by atoms with Crippen LogP contribution < -0.4 is 5.73 Å². The lowest BCUT2D eigenvalue weighted by atomic mass is 9.95. The van der Waals surface area contributed by atoms with Gasteiger partial charge in [0.25, 0.3) is 10.0 Å². The highest BCUT2D eigenvalue weighted by Crippen LogP contribution is 2.31. The maximum atomic E-state index is 12.5. The van der Waals surface area contributed by atoms with E-state index in [1.165, 1.54) is 15.6 Å². The average Bonchev–Trinajstić information content (AvgIpc) is 3.09. The summed E-state index contributed by atoms with van der Waals surface area (Å²) in [6.07, 6.45) is 0. The van der Waals surface area contributed by atoms with Gasteiger partial charge in [-0.3, -0.25) is 0 Å². The second-order valence-electron chi connectivity index (χ2n) is 4.94. The van der Waals surface area contributed by atoms with Crippen LogP contribution in [0, 0.1) is 0 Å². The normalized spacial score (nSPS) is 24.1. The molecular weight excluding hydrogens is 292 g/mol. The lowest BCUT2D eigenvalue weighted by Gasteiger charge is -2.15. The van der Waals surface area contributed by atoms with Crippen molar-refractivity contribution in [3.63, 3.8) is 0 Å². The van der Waals surface area contributed by atoms with Crippen molar-refractivity contribution < 1.29 is 8.42 Å². The maximum Gasteiger partial charge on any atom is 0.252 e. The number of sulfonamides is 1. The van der Waals surface area contributed by atoms with Gasteiger partial charge in [0.2, 0.25) is 0 Å². The number of hydrogen-bond donors (Lipinski definition) is 1. The summed E-state index contributed by atoms with van der Waals surface area (Å²) < 4.78 is 26.9. The molecule has 1 fully saturated rings. The summed E-state index contributed by atoms with van der Waals surface area (Å²) >= 11 is 1.24. The molecule has 0 spiro atoms. The Morgan fingerprint density at radius 3 is 2.50 bits per heavy atom. The van der Waals surface area contributed by atoms with Gasteiger partial charge in [0.05, 0.1) is 0 Å². The highest BCUT2D eigenvalue weighted by atomic mass is 32.2. The van der Waals surface area contributed by atoms with E-state index in [0.29, 0.717) is 17.3 Å². The lowest BCUT2D eigenvalue weighted by molar-refractivity contribution is 0.472. The molecular formula is C14H16N2O2S2. The van der Waals surface area contributed by atoms with Crippen molar-refractivity contribution in [2.24, 2.45) is 5.73 Å². The molecule has 0 aliphatic carbocycles. The summed E-state index contributed by atoms with van der Waals surface area (Å²) in [4.78, 5) is 0. The molecule has 0 radical (unpaired) electrons. The maximum absolute atomic E-state index is 12.5. The number of nitrogens with two attached hydrogens (primary N) is 1. The van der Waals surface area contributed by atoms with Gasteiger partial charge in [-0.25, -0.2) is 8.42 Å². The Morgan fingerprint density at radius 1 is 1.10 bits per heavy atom. The predicted molar refractivity (Wildman–Crippen MR) is 80.2 cm³/mol. The lowest BCUT2D eigenvalue weighted by Crippen LogP contribution is -2.31. The smallest absolute Gasteiger partial charge is 0.252 e. The monoisotopic (exact) mass is 308 g/mol. The largest absolute Gasteiger partial charge is 0.326 e. The van der Waals surface area contributed by atoms with Crippen molar-refractivity contribution in [3.05, 3.63) is 53.4 Å². The first-order valence-electron chi connectivity index (χ1n) is 6.43. The zero-order valence-electron chi connectivity index (χ0n) is 10.8. The molecule has 2 N–H and O–H groups in total. The Labute approximate surface area is 122 Å². The van der Waals surface area contributed by atoms with Crippen LogP contribution in [0.2, 0.25) is 0 Å². The summed E-state index contributed by atoms with van der Waals surface area (Å²) in [7, 11) is -3.40. The first-order valence-corrected chi connectivity index (χ1v) is 8.75. The molecule has 0 unspecified atom stereocenters. The molecule has 20 heavy (non-hydrogen) atoms. The van der Waals surface area contributed by atoms with Gasteiger partial charge in [0.15, 0.2) is 0 Å². The van der Waals surface area contributed by atoms with E-state index in [9.17, 15) is 8.42 Å². The molecule has 0 saturated carbocycles. The van der Waals surface area contributed by atoms with Crippen molar-refractivity contribution in [2.45, 2.75) is 16.2 Å². The van der Waals surface area contributed by atoms with Gasteiger partial charge >= 0.3 is 0 Å². The van der Waals surface area contributed by atoms with Crippen LogP contribution in [0.3, 0.4) is 0 Å². The molecule has 106 valence electrons. The number of benzene rings is 1. The first-order chi connectivity index (χ1) is 9.59. The van der Waals surface area contributed by atoms with Gasteiger partial charge in [-0.2, -0.15) is 4.31 Å². The van der Waals surface area contributed by atoms with Crippen LogP contribution in [-0.4, -0.2) is 31.9 Å². The summed E-state index contributed by atoms with van der Waals surface area (Å²) in [6, 6.07) is 13.1. The highest BCUT2D eigenvalue weighted by Gasteiger charge is 2.38. The number of nitrogens with zero attached hydrogens (tertiary/aromatic N) is 1.